The summed E-state index contributed by atoms with van der Waals surface area (Å²) in [5.41, 5.74) is 13.1. The monoisotopic (exact) mass is 523 g/mol. The van der Waals surface area contributed by atoms with Gasteiger partial charge in [-0.05, 0) is 22.3 Å². The van der Waals surface area contributed by atoms with Gasteiger partial charge in [0.15, 0.2) is 0 Å². The van der Waals surface area contributed by atoms with Gasteiger partial charge in [0.05, 0.1) is 0 Å². The first-order chi connectivity index (χ1) is 9.36. The van der Waals surface area contributed by atoms with Crippen molar-refractivity contribution in [3.63, 3.8) is 0 Å². The minimum Gasteiger partial charge on any atom is -1.00 e. The summed E-state index contributed by atoms with van der Waals surface area (Å²) in [5.74, 6) is 0. The standard InChI is InChI=1S/C18H14N.Bi.2ClH/c19-18-16(14-8-3-1-4-9-14)12-7-13-17(18)15-10-5-2-6-11-15;;;/h1-13,19H;;2*1H/q-1;+3;;/p-2. The summed E-state index contributed by atoms with van der Waals surface area (Å²) in [6, 6.07) is 26.2. The molecule has 3 rings (SSSR count). The molecule has 3 aromatic rings. The van der Waals surface area contributed by atoms with Gasteiger partial charge in [0.1, 0.15) is 0 Å². The molecule has 1 N–H and O–H groups in total. The van der Waals surface area contributed by atoms with E-state index in [0.717, 1.165) is 22.3 Å². The Morgan fingerprint density at radius 2 is 0.864 bits per heavy atom. The second-order valence-electron chi connectivity index (χ2n) is 4.46. The van der Waals surface area contributed by atoms with Gasteiger partial charge in [-0.15, -0.1) is 5.69 Å². The van der Waals surface area contributed by atoms with Crippen molar-refractivity contribution >= 4 is 31.9 Å². The second kappa shape index (κ2) is 9.84. The smallest absolute Gasteiger partial charge is 1.00 e. The van der Waals surface area contributed by atoms with Crippen molar-refractivity contribution in [1.29, 1.82) is 0 Å². The third-order valence-corrected chi connectivity index (χ3v) is 3.23. The predicted molar refractivity (Wildman–Crippen MR) is 87.0 cm³/mol. The average molecular weight is 524 g/mol. The topological polar surface area (TPSA) is 23.8 Å². The van der Waals surface area contributed by atoms with E-state index in [2.05, 4.69) is 0 Å². The van der Waals surface area contributed by atoms with Crippen LogP contribution in [-0.2, 0) is 0 Å². The van der Waals surface area contributed by atoms with Crippen molar-refractivity contribution in [2.45, 2.75) is 0 Å². The van der Waals surface area contributed by atoms with Crippen molar-refractivity contribution in [2.24, 2.45) is 0 Å². The fourth-order valence-corrected chi connectivity index (χ4v) is 2.27. The van der Waals surface area contributed by atoms with E-state index in [1.807, 2.05) is 78.9 Å². The molecule has 22 heavy (non-hydrogen) atoms. The Kier molecular flexibility index (Phi) is 9.36. The maximum Gasteiger partial charge on any atom is 3.00 e. The van der Waals surface area contributed by atoms with Crippen LogP contribution in [0.4, 0.5) is 5.69 Å². The van der Waals surface area contributed by atoms with E-state index in [0.29, 0.717) is 5.69 Å². The average Bonchev–Trinajstić information content (AvgIpc) is 2.49. The Labute approximate surface area is 162 Å². The fourth-order valence-electron chi connectivity index (χ4n) is 2.27. The minimum absolute atomic E-state index is 0. The summed E-state index contributed by atoms with van der Waals surface area (Å²) in [7, 11) is 0. The number of benzene rings is 3. The molecule has 0 atom stereocenters. The van der Waals surface area contributed by atoms with Crippen molar-refractivity contribution in [3.05, 3.63) is 84.6 Å². The molecule has 0 fully saturated rings. The summed E-state index contributed by atoms with van der Waals surface area (Å²) >= 11 is 0. The molecule has 4 heteroatoms. The van der Waals surface area contributed by atoms with E-state index < -0.39 is 0 Å². The van der Waals surface area contributed by atoms with E-state index in [1.54, 1.807) is 0 Å². The van der Waals surface area contributed by atoms with E-state index in [4.69, 9.17) is 5.73 Å². The molecular weight excluding hydrogens is 510 g/mol. The van der Waals surface area contributed by atoms with E-state index in [-0.39, 0.29) is 51.0 Å². The zero-order valence-corrected chi connectivity index (χ0v) is 16.7. The van der Waals surface area contributed by atoms with Crippen molar-refractivity contribution in [3.8, 4) is 22.3 Å². The van der Waals surface area contributed by atoms with Crippen LogP contribution in [-0.4, -0.2) is 26.2 Å². The van der Waals surface area contributed by atoms with Gasteiger partial charge < -0.3 is 30.5 Å². The quantitative estimate of drug-likeness (QED) is 0.398. The van der Waals surface area contributed by atoms with Crippen molar-refractivity contribution in [1.82, 2.24) is 0 Å². The van der Waals surface area contributed by atoms with Crippen molar-refractivity contribution in [2.75, 3.05) is 0 Å². The molecule has 0 aliphatic heterocycles. The summed E-state index contributed by atoms with van der Waals surface area (Å²) < 4.78 is 0. The second-order valence-corrected chi connectivity index (χ2v) is 4.46. The molecule has 0 saturated heterocycles. The first-order valence-electron chi connectivity index (χ1n) is 6.32. The molecule has 0 aliphatic rings. The molecule has 2 radical (unpaired) electrons. The number of hydrogen-bond donors (Lipinski definition) is 0. The molecule has 0 saturated carbocycles. The summed E-state index contributed by atoms with van der Waals surface area (Å²) in [4.78, 5) is 0. The van der Waals surface area contributed by atoms with Gasteiger partial charge in [0, 0.05) is 0 Å². The van der Waals surface area contributed by atoms with Crippen LogP contribution in [0.1, 0.15) is 0 Å². The zero-order valence-electron chi connectivity index (χ0n) is 11.7. The Bertz CT molecular complexity index is 630. The molecule has 0 aromatic heterocycles. The summed E-state index contributed by atoms with van der Waals surface area (Å²) in [6.07, 6.45) is 0. The zero-order chi connectivity index (χ0) is 13.1. The summed E-state index contributed by atoms with van der Waals surface area (Å²) in [5, 5.41) is 0. The first-order valence-corrected chi connectivity index (χ1v) is 6.32. The van der Waals surface area contributed by atoms with Crippen LogP contribution in [0.15, 0.2) is 78.9 Å². The van der Waals surface area contributed by atoms with Crippen LogP contribution in [0.3, 0.4) is 0 Å². The van der Waals surface area contributed by atoms with Crippen LogP contribution in [0, 0.1) is 0 Å². The van der Waals surface area contributed by atoms with Gasteiger partial charge in [-0.25, -0.2) is 0 Å². The molecule has 3 aromatic carbocycles. The van der Waals surface area contributed by atoms with Gasteiger partial charge in [-0.1, -0.05) is 78.9 Å². The number of rotatable bonds is 2. The van der Waals surface area contributed by atoms with Crippen LogP contribution in [0.5, 0.6) is 0 Å². The third-order valence-electron chi connectivity index (χ3n) is 3.23. The molecule has 0 spiro atoms. The molecule has 0 unspecified atom stereocenters. The number of nitrogens with one attached hydrogen (secondary N) is 1. The van der Waals surface area contributed by atoms with E-state index >= 15 is 0 Å². The predicted octanol–water partition coefficient (Wildman–Crippen LogP) is -0.668. The molecular formula is C18H14BiCl2N. The number of halogens is 2. The molecule has 0 amide bonds. The summed E-state index contributed by atoms with van der Waals surface area (Å²) in [6.45, 7) is 0. The van der Waals surface area contributed by atoms with Gasteiger partial charge in [-0.3, -0.25) is 0 Å². The Balaban J connectivity index is 0.00000147. The van der Waals surface area contributed by atoms with Crippen LogP contribution >= 0.6 is 0 Å². The Hall–Kier alpha value is -1.08. The van der Waals surface area contributed by atoms with Crippen LogP contribution < -0.4 is 24.8 Å². The maximum atomic E-state index is 8.42. The normalized spacial score (nSPS) is 8.91. The first kappa shape index (κ1) is 20.9. The van der Waals surface area contributed by atoms with Gasteiger partial charge in [-0.2, -0.15) is 0 Å². The van der Waals surface area contributed by atoms with Gasteiger partial charge in [0.2, 0.25) is 0 Å². The Morgan fingerprint density at radius 1 is 0.500 bits per heavy atom. The van der Waals surface area contributed by atoms with E-state index in [1.165, 1.54) is 0 Å². The fraction of sp³-hybridized carbons (Fsp3) is 0. The van der Waals surface area contributed by atoms with Gasteiger partial charge >= 0.3 is 26.2 Å². The van der Waals surface area contributed by atoms with Crippen LogP contribution in [0.2, 0.25) is 0 Å². The van der Waals surface area contributed by atoms with Gasteiger partial charge in [0.25, 0.3) is 0 Å². The SMILES string of the molecule is [Bi+3].[Cl-].[Cl-].[NH-]c1c(-c2ccccc2)cccc1-c1ccccc1. The maximum absolute atomic E-state index is 8.42. The Morgan fingerprint density at radius 3 is 1.23 bits per heavy atom. The van der Waals surface area contributed by atoms with Crippen molar-refractivity contribution < 1.29 is 24.8 Å². The molecule has 110 valence electrons. The third kappa shape index (κ3) is 4.46. The minimum atomic E-state index is 0. The molecule has 0 bridgehead atoms. The number of hydrogen-bond acceptors (Lipinski definition) is 0. The molecule has 1 nitrogen and oxygen atoms in total. The largest absolute Gasteiger partial charge is 3.00 e. The van der Waals surface area contributed by atoms with E-state index in [9.17, 15) is 0 Å². The van der Waals surface area contributed by atoms with Crippen LogP contribution in [0.25, 0.3) is 28.0 Å². The molecule has 0 aliphatic carbocycles. The molecule has 0 heterocycles.